The number of carbonyl (C=O) groups excluding carboxylic acids is 2. The highest BCUT2D eigenvalue weighted by molar-refractivity contribution is 5.89. The number of carbonyl (C=O) groups is 2. The number of rotatable bonds is 0. The van der Waals surface area contributed by atoms with Crippen LogP contribution in [0, 0.1) is 5.92 Å². The maximum Gasteiger partial charge on any atom is 0.242 e. The van der Waals surface area contributed by atoms with Gasteiger partial charge in [-0.15, -0.1) is 0 Å². The van der Waals surface area contributed by atoms with E-state index in [4.69, 9.17) is 0 Å². The Morgan fingerprint density at radius 2 is 2.08 bits per heavy atom. The Balaban J connectivity index is 2.10. The van der Waals surface area contributed by atoms with Crippen LogP contribution in [0.5, 0.6) is 0 Å². The number of fused-ring (bicyclic) bond motifs is 1. The molecule has 2 atom stereocenters. The standard InChI is InChI=1S/C8H12N2O2/c11-6-2-1-5-3-4-9-8(12)7(5)10-6/h5,7H,1-4H2,(H,9,12)(H,10,11)/t5-,7-/m1/s1. The van der Waals surface area contributed by atoms with Crippen LogP contribution in [0.25, 0.3) is 0 Å². The summed E-state index contributed by atoms with van der Waals surface area (Å²) in [6, 6.07) is -0.250. The highest BCUT2D eigenvalue weighted by Gasteiger charge is 2.36. The lowest BCUT2D eigenvalue weighted by molar-refractivity contribution is -0.134. The van der Waals surface area contributed by atoms with Crippen molar-refractivity contribution >= 4 is 11.8 Å². The maximum absolute atomic E-state index is 11.2. The van der Waals surface area contributed by atoms with Crippen LogP contribution < -0.4 is 10.6 Å². The minimum absolute atomic E-state index is 0.00769. The summed E-state index contributed by atoms with van der Waals surface area (Å²) in [4.78, 5) is 22.2. The molecule has 0 aliphatic carbocycles. The lowest BCUT2D eigenvalue weighted by Crippen LogP contribution is -2.57. The molecule has 2 aliphatic rings. The van der Waals surface area contributed by atoms with Crippen molar-refractivity contribution in [3.8, 4) is 0 Å². The zero-order valence-electron chi connectivity index (χ0n) is 6.80. The van der Waals surface area contributed by atoms with Crippen LogP contribution in [-0.2, 0) is 9.59 Å². The average Bonchev–Trinajstić information content (AvgIpc) is 2.07. The van der Waals surface area contributed by atoms with Crippen molar-refractivity contribution < 1.29 is 9.59 Å². The van der Waals surface area contributed by atoms with Crippen LogP contribution in [0.1, 0.15) is 19.3 Å². The van der Waals surface area contributed by atoms with Crippen molar-refractivity contribution in [1.29, 1.82) is 0 Å². The van der Waals surface area contributed by atoms with Crippen molar-refractivity contribution in [3.63, 3.8) is 0 Å². The van der Waals surface area contributed by atoms with E-state index in [2.05, 4.69) is 10.6 Å². The van der Waals surface area contributed by atoms with Gasteiger partial charge in [0, 0.05) is 13.0 Å². The highest BCUT2D eigenvalue weighted by atomic mass is 16.2. The van der Waals surface area contributed by atoms with Crippen LogP contribution in [-0.4, -0.2) is 24.4 Å². The molecule has 4 heteroatoms. The van der Waals surface area contributed by atoms with E-state index in [1.165, 1.54) is 0 Å². The molecule has 2 saturated heterocycles. The molecule has 4 nitrogen and oxygen atoms in total. The Labute approximate surface area is 70.7 Å². The fourth-order valence-corrected chi connectivity index (χ4v) is 1.93. The molecule has 2 aliphatic heterocycles. The van der Waals surface area contributed by atoms with E-state index in [0.717, 1.165) is 19.4 Å². The first-order valence-corrected chi connectivity index (χ1v) is 4.34. The number of hydrogen-bond acceptors (Lipinski definition) is 2. The van der Waals surface area contributed by atoms with Crippen molar-refractivity contribution in [2.45, 2.75) is 25.3 Å². The zero-order valence-corrected chi connectivity index (χ0v) is 6.80. The lowest BCUT2D eigenvalue weighted by Gasteiger charge is -2.34. The molecule has 0 bridgehead atoms. The summed E-state index contributed by atoms with van der Waals surface area (Å²) >= 11 is 0. The van der Waals surface area contributed by atoms with Crippen LogP contribution in [0.4, 0.5) is 0 Å². The summed E-state index contributed by atoms with van der Waals surface area (Å²) in [5.41, 5.74) is 0. The van der Waals surface area contributed by atoms with E-state index in [9.17, 15) is 9.59 Å². The molecule has 12 heavy (non-hydrogen) atoms. The average molecular weight is 168 g/mol. The van der Waals surface area contributed by atoms with Gasteiger partial charge in [0.1, 0.15) is 6.04 Å². The lowest BCUT2D eigenvalue weighted by atomic mass is 9.85. The summed E-state index contributed by atoms with van der Waals surface area (Å²) in [6.07, 6.45) is 2.44. The van der Waals surface area contributed by atoms with Crippen molar-refractivity contribution in [2.24, 2.45) is 5.92 Å². The third kappa shape index (κ3) is 1.17. The van der Waals surface area contributed by atoms with Gasteiger partial charge < -0.3 is 10.6 Å². The molecule has 2 amide bonds. The van der Waals surface area contributed by atoms with E-state index in [1.807, 2.05) is 0 Å². The summed E-state index contributed by atoms with van der Waals surface area (Å²) in [7, 11) is 0. The number of piperidine rings is 2. The summed E-state index contributed by atoms with van der Waals surface area (Å²) in [5, 5.41) is 5.47. The minimum Gasteiger partial charge on any atom is -0.354 e. The van der Waals surface area contributed by atoms with Gasteiger partial charge in [0.25, 0.3) is 0 Å². The molecule has 66 valence electrons. The predicted octanol–water partition coefficient (Wildman–Crippen LogP) is -0.599. The van der Waals surface area contributed by atoms with E-state index in [1.54, 1.807) is 0 Å². The van der Waals surface area contributed by atoms with Gasteiger partial charge >= 0.3 is 0 Å². The Kier molecular flexibility index (Phi) is 1.75. The quantitative estimate of drug-likeness (QED) is 0.507. The van der Waals surface area contributed by atoms with Gasteiger partial charge in [-0.1, -0.05) is 0 Å². The topological polar surface area (TPSA) is 58.2 Å². The molecule has 0 aromatic heterocycles. The van der Waals surface area contributed by atoms with Gasteiger partial charge in [0.2, 0.25) is 11.8 Å². The van der Waals surface area contributed by atoms with Crippen molar-refractivity contribution in [1.82, 2.24) is 10.6 Å². The summed E-state index contributed by atoms with van der Waals surface area (Å²) in [6.45, 7) is 0.760. The third-order valence-electron chi connectivity index (χ3n) is 2.63. The number of nitrogens with one attached hydrogen (secondary N) is 2. The Hall–Kier alpha value is -1.06. The molecular weight excluding hydrogens is 156 g/mol. The first-order chi connectivity index (χ1) is 5.77. The molecule has 0 unspecified atom stereocenters. The minimum atomic E-state index is -0.250. The molecule has 0 radical (unpaired) electrons. The molecular formula is C8H12N2O2. The smallest absolute Gasteiger partial charge is 0.242 e. The molecule has 2 rings (SSSR count). The third-order valence-corrected chi connectivity index (χ3v) is 2.63. The molecule has 0 spiro atoms. The predicted molar refractivity (Wildman–Crippen MR) is 42.3 cm³/mol. The highest BCUT2D eigenvalue weighted by Crippen LogP contribution is 2.22. The van der Waals surface area contributed by atoms with Gasteiger partial charge in [0.05, 0.1) is 0 Å². The van der Waals surface area contributed by atoms with Gasteiger partial charge in [-0.2, -0.15) is 0 Å². The molecule has 0 aromatic rings. The SMILES string of the molecule is O=C1CC[C@@H]2CCNC(=O)[C@@H]2N1. The summed E-state index contributed by atoms with van der Waals surface area (Å²) in [5.74, 6) is 0.365. The van der Waals surface area contributed by atoms with Crippen LogP contribution in [0.15, 0.2) is 0 Å². The second-order valence-electron chi connectivity index (χ2n) is 3.42. The first-order valence-electron chi connectivity index (χ1n) is 4.34. The van der Waals surface area contributed by atoms with E-state index >= 15 is 0 Å². The Morgan fingerprint density at radius 1 is 1.25 bits per heavy atom. The van der Waals surface area contributed by atoms with Gasteiger partial charge in [0.15, 0.2) is 0 Å². The zero-order chi connectivity index (χ0) is 8.55. The molecule has 2 heterocycles. The molecule has 0 saturated carbocycles. The second-order valence-corrected chi connectivity index (χ2v) is 3.42. The normalized spacial score (nSPS) is 35.0. The van der Waals surface area contributed by atoms with Crippen LogP contribution in [0.2, 0.25) is 0 Å². The van der Waals surface area contributed by atoms with E-state index < -0.39 is 0 Å². The summed E-state index contributed by atoms with van der Waals surface area (Å²) < 4.78 is 0. The van der Waals surface area contributed by atoms with Crippen molar-refractivity contribution in [3.05, 3.63) is 0 Å². The van der Waals surface area contributed by atoms with Gasteiger partial charge in [-0.05, 0) is 18.8 Å². The van der Waals surface area contributed by atoms with E-state index in [0.29, 0.717) is 12.3 Å². The van der Waals surface area contributed by atoms with Gasteiger partial charge in [-0.3, -0.25) is 9.59 Å². The Morgan fingerprint density at radius 3 is 2.92 bits per heavy atom. The van der Waals surface area contributed by atoms with Crippen LogP contribution >= 0.6 is 0 Å². The maximum atomic E-state index is 11.2. The fraction of sp³-hybridized carbons (Fsp3) is 0.750. The second kappa shape index (κ2) is 2.77. The Bertz CT molecular complexity index is 227. The molecule has 2 fully saturated rings. The number of hydrogen-bond donors (Lipinski definition) is 2. The molecule has 0 aromatic carbocycles. The number of amides is 2. The fourth-order valence-electron chi connectivity index (χ4n) is 1.93. The van der Waals surface area contributed by atoms with Gasteiger partial charge in [-0.25, -0.2) is 0 Å². The van der Waals surface area contributed by atoms with E-state index in [-0.39, 0.29) is 17.9 Å². The van der Waals surface area contributed by atoms with Crippen molar-refractivity contribution in [2.75, 3.05) is 6.54 Å². The first kappa shape index (κ1) is 7.58. The largest absolute Gasteiger partial charge is 0.354 e. The monoisotopic (exact) mass is 168 g/mol. The molecule has 2 N–H and O–H groups in total. The van der Waals surface area contributed by atoms with Crippen LogP contribution in [0.3, 0.4) is 0 Å².